The summed E-state index contributed by atoms with van der Waals surface area (Å²) in [6.45, 7) is 7.98. The topological polar surface area (TPSA) is 12.0 Å². The average molecular weight is 269 g/mol. The molecule has 0 aromatic heterocycles. The van der Waals surface area contributed by atoms with E-state index >= 15 is 0 Å². The first kappa shape index (κ1) is 13.9. The van der Waals surface area contributed by atoms with Crippen LogP contribution in [0.2, 0.25) is 0 Å². The molecule has 0 saturated heterocycles. The van der Waals surface area contributed by atoms with E-state index in [1.807, 2.05) is 0 Å². The zero-order valence-corrected chi connectivity index (χ0v) is 13.1. The molecule has 0 fully saturated rings. The van der Waals surface area contributed by atoms with Crippen molar-refractivity contribution < 1.29 is 0 Å². The van der Waals surface area contributed by atoms with Gasteiger partial charge >= 0.3 is 0 Å². The molecule has 1 heteroatoms. The SMILES string of the molecule is CC(C)(C)c1ccc(C2NCCC3=C2CCCC3)cc1. The molecule has 0 saturated carbocycles. The monoisotopic (exact) mass is 269 g/mol. The van der Waals surface area contributed by atoms with Gasteiger partial charge in [-0.2, -0.15) is 0 Å². The number of hydrogen-bond donors (Lipinski definition) is 1. The Labute approximate surface area is 123 Å². The molecule has 3 rings (SSSR count). The molecule has 1 unspecified atom stereocenters. The fourth-order valence-corrected chi connectivity index (χ4v) is 3.61. The van der Waals surface area contributed by atoms with Gasteiger partial charge in [-0.05, 0) is 60.8 Å². The Morgan fingerprint density at radius 3 is 2.35 bits per heavy atom. The fourth-order valence-electron chi connectivity index (χ4n) is 3.61. The molecular formula is C19H27N. The van der Waals surface area contributed by atoms with Crippen LogP contribution in [0.5, 0.6) is 0 Å². The van der Waals surface area contributed by atoms with E-state index in [2.05, 4.69) is 50.4 Å². The predicted molar refractivity (Wildman–Crippen MR) is 86.0 cm³/mol. The van der Waals surface area contributed by atoms with Gasteiger partial charge in [-0.3, -0.25) is 0 Å². The highest BCUT2D eigenvalue weighted by molar-refractivity contribution is 5.37. The van der Waals surface area contributed by atoms with Gasteiger partial charge < -0.3 is 5.32 Å². The summed E-state index contributed by atoms with van der Waals surface area (Å²) < 4.78 is 0. The lowest BCUT2D eigenvalue weighted by Crippen LogP contribution is -2.31. The Kier molecular flexibility index (Phi) is 3.72. The van der Waals surface area contributed by atoms with Gasteiger partial charge in [-0.25, -0.2) is 0 Å². The quantitative estimate of drug-likeness (QED) is 0.716. The van der Waals surface area contributed by atoms with Gasteiger partial charge in [0, 0.05) is 0 Å². The molecule has 1 atom stereocenters. The minimum Gasteiger partial charge on any atom is -0.306 e. The molecule has 108 valence electrons. The second-order valence-corrected chi connectivity index (χ2v) is 7.35. The molecule has 1 aromatic rings. The van der Waals surface area contributed by atoms with Crippen LogP contribution in [0.25, 0.3) is 0 Å². The summed E-state index contributed by atoms with van der Waals surface area (Å²) in [5, 5.41) is 3.73. The molecule has 1 nitrogen and oxygen atoms in total. The third-order valence-electron chi connectivity index (χ3n) is 4.86. The second-order valence-electron chi connectivity index (χ2n) is 7.35. The molecule has 0 radical (unpaired) electrons. The van der Waals surface area contributed by atoms with E-state index in [0.29, 0.717) is 6.04 Å². The van der Waals surface area contributed by atoms with E-state index in [4.69, 9.17) is 0 Å². The van der Waals surface area contributed by atoms with Gasteiger partial charge in [0.05, 0.1) is 6.04 Å². The second kappa shape index (κ2) is 5.37. The average Bonchev–Trinajstić information content (AvgIpc) is 2.46. The van der Waals surface area contributed by atoms with Gasteiger partial charge in [0.1, 0.15) is 0 Å². The van der Waals surface area contributed by atoms with Crippen LogP contribution in [0, 0.1) is 0 Å². The number of benzene rings is 1. The smallest absolute Gasteiger partial charge is 0.0538 e. The molecular weight excluding hydrogens is 242 g/mol. The normalized spacial score (nSPS) is 23.6. The molecule has 0 amide bonds. The fraction of sp³-hybridized carbons (Fsp3) is 0.579. The molecule has 1 N–H and O–H groups in total. The van der Waals surface area contributed by atoms with Crippen LogP contribution in [-0.4, -0.2) is 6.54 Å². The Hall–Kier alpha value is -1.08. The van der Waals surface area contributed by atoms with Crippen molar-refractivity contribution in [2.24, 2.45) is 0 Å². The zero-order valence-electron chi connectivity index (χ0n) is 13.1. The van der Waals surface area contributed by atoms with Crippen molar-refractivity contribution in [3.8, 4) is 0 Å². The van der Waals surface area contributed by atoms with Crippen molar-refractivity contribution in [3.05, 3.63) is 46.5 Å². The van der Waals surface area contributed by atoms with Crippen LogP contribution in [0.1, 0.15) is 70.0 Å². The van der Waals surface area contributed by atoms with Crippen molar-refractivity contribution in [1.29, 1.82) is 0 Å². The maximum absolute atomic E-state index is 3.73. The van der Waals surface area contributed by atoms with Gasteiger partial charge in [0.15, 0.2) is 0 Å². The highest BCUT2D eigenvalue weighted by Gasteiger charge is 2.25. The summed E-state index contributed by atoms with van der Waals surface area (Å²) in [5.41, 5.74) is 6.57. The molecule has 20 heavy (non-hydrogen) atoms. The molecule has 0 spiro atoms. The molecule has 1 heterocycles. The van der Waals surface area contributed by atoms with Crippen molar-refractivity contribution in [2.75, 3.05) is 6.54 Å². The van der Waals surface area contributed by atoms with Crippen LogP contribution in [0.15, 0.2) is 35.4 Å². The number of hydrogen-bond acceptors (Lipinski definition) is 1. The lowest BCUT2D eigenvalue weighted by Gasteiger charge is -2.33. The summed E-state index contributed by atoms with van der Waals surface area (Å²) >= 11 is 0. The molecule has 1 aliphatic heterocycles. The Balaban J connectivity index is 1.89. The van der Waals surface area contributed by atoms with Crippen molar-refractivity contribution in [3.63, 3.8) is 0 Å². The first-order valence-electron chi connectivity index (χ1n) is 8.10. The minimum atomic E-state index is 0.244. The zero-order chi connectivity index (χ0) is 14.2. The van der Waals surface area contributed by atoms with Crippen molar-refractivity contribution in [1.82, 2.24) is 5.32 Å². The van der Waals surface area contributed by atoms with Gasteiger partial charge in [0.2, 0.25) is 0 Å². The minimum absolute atomic E-state index is 0.244. The van der Waals surface area contributed by atoms with E-state index in [1.54, 1.807) is 11.1 Å². The number of rotatable bonds is 1. The highest BCUT2D eigenvalue weighted by atomic mass is 14.9. The van der Waals surface area contributed by atoms with Crippen molar-refractivity contribution in [2.45, 2.75) is 64.3 Å². The van der Waals surface area contributed by atoms with Gasteiger partial charge in [-0.15, -0.1) is 0 Å². The molecule has 2 aliphatic rings. The van der Waals surface area contributed by atoms with Crippen LogP contribution in [-0.2, 0) is 5.41 Å². The first-order chi connectivity index (χ1) is 9.55. The van der Waals surface area contributed by atoms with Crippen molar-refractivity contribution >= 4 is 0 Å². The third-order valence-corrected chi connectivity index (χ3v) is 4.86. The van der Waals surface area contributed by atoms with E-state index in [9.17, 15) is 0 Å². The Morgan fingerprint density at radius 1 is 0.950 bits per heavy atom. The van der Waals surface area contributed by atoms with Crippen LogP contribution >= 0.6 is 0 Å². The largest absolute Gasteiger partial charge is 0.306 e. The Morgan fingerprint density at radius 2 is 1.65 bits per heavy atom. The van der Waals surface area contributed by atoms with E-state index < -0.39 is 0 Å². The molecule has 0 bridgehead atoms. The Bertz CT molecular complexity index is 498. The summed E-state index contributed by atoms with van der Waals surface area (Å²) in [5.74, 6) is 0. The number of nitrogens with one attached hydrogen (secondary N) is 1. The van der Waals surface area contributed by atoms with E-state index in [1.165, 1.54) is 43.2 Å². The van der Waals surface area contributed by atoms with Crippen LogP contribution < -0.4 is 5.32 Å². The lowest BCUT2D eigenvalue weighted by molar-refractivity contribution is 0.488. The predicted octanol–water partition coefficient (Wildman–Crippen LogP) is 4.89. The maximum Gasteiger partial charge on any atom is 0.0538 e. The first-order valence-corrected chi connectivity index (χ1v) is 8.10. The summed E-state index contributed by atoms with van der Waals surface area (Å²) in [6, 6.07) is 9.78. The van der Waals surface area contributed by atoms with Gasteiger partial charge in [0.25, 0.3) is 0 Å². The summed E-state index contributed by atoms with van der Waals surface area (Å²) in [6.07, 6.45) is 6.68. The maximum atomic E-state index is 3.73. The van der Waals surface area contributed by atoms with Gasteiger partial charge in [-0.1, -0.05) is 50.6 Å². The third kappa shape index (κ3) is 2.69. The lowest BCUT2D eigenvalue weighted by atomic mass is 9.80. The van der Waals surface area contributed by atoms with E-state index in [0.717, 1.165) is 6.54 Å². The highest BCUT2D eigenvalue weighted by Crippen LogP contribution is 2.38. The summed E-state index contributed by atoms with van der Waals surface area (Å²) in [7, 11) is 0. The van der Waals surface area contributed by atoms with E-state index in [-0.39, 0.29) is 5.41 Å². The molecule has 1 aromatic carbocycles. The van der Waals surface area contributed by atoms with Crippen LogP contribution in [0.3, 0.4) is 0 Å². The molecule has 1 aliphatic carbocycles. The van der Waals surface area contributed by atoms with Crippen LogP contribution in [0.4, 0.5) is 0 Å². The summed E-state index contributed by atoms with van der Waals surface area (Å²) in [4.78, 5) is 0. The standard InChI is InChI=1S/C19H27N/c1-19(2,3)16-10-8-15(9-11-16)18-17-7-5-4-6-14(17)12-13-20-18/h8-11,18,20H,4-7,12-13H2,1-3H3.